The van der Waals surface area contributed by atoms with Crippen LogP contribution in [0.5, 0.6) is 0 Å². The van der Waals surface area contributed by atoms with Gasteiger partial charge >= 0.3 is 0 Å². The number of rotatable bonds is 6. The minimum atomic E-state index is 1.40. The van der Waals surface area contributed by atoms with E-state index < -0.39 is 0 Å². The van der Waals surface area contributed by atoms with Crippen LogP contribution in [0.2, 0.25) is 0 Å². The third-order valence-corrected chi connectivity index (χ3v) is 23.8. The molecule has 0 amide bonds. The molecule has 0 atom stereocenters. The highest BCUT2D eigenvalue weighted by atomic mass is 32.3. The number of benzene rings is 1. The van der Waals surface area contributed by atoms with Crippen molar-refractivity contribution in [2.24, 2.45) is 0 Å². The average Bonchev–Trinajstić information content (AvgIpc) is 3.70. The number of thioether (sulfide) groups is 14. The predicted molar refractivity (Wildman–Crippen MR) is 199 cm³/mol. The van der Waals surface area contributed by atoms with Crippen molar-refractivity contribution in [3.05, 3.63) is 56.5 Å². The van der Waals surface area contributed by atoms with E-state index in [1.807, 2.05) is 165 Å². The van der Waals surface area contributed by atoms with Crippen molar-refractivity contribution in [2.45, 2.75) is 9.79 Å². The molecule has 0 N–H and O–H groups in total. The van der Waals surface area contributed by atoms with Crippen molar-refractivity contribution in [1.82, 2.24) is 0 Å². The Morgan fingerprint density at radius 3 is 0.889 bits per heavy atom. The van der Waals surface area contributed by atoms with Crippen molar-refractivity contribution in [3.8, 4) is 0 Å². The topological polar surface area (TPSA) is 0 Å². The first-order valence-corrected chi connectivity index (χ1v) is 24.0. The average molecular weight is 733 g/mol. The van der Waals surface area contributed by atoms with Gasteiger partial charge in [0.15, 0.2) is 0 Å². The fraction of sp³-hybridized carbons (Fsp3) is 0.273. The molecule has 0 aromatic heterocycles. The van der Waals surface area contributed by atoms with Gasteiger partial charge in [0.25, 0.3) is 0 Å². The van der Waals surface area contributed by atoms with Gasteiger partial charge in [0.05, 0.1) is 42.4 Å². The molecule has 0 radical (unpaired) electrons. The zero-order valence-corrected chi connectivity index (χ0v) is 31.3. The van der Waals surface area contributed by atoms with Crippen LogP contribution < -0.4 is 10.4 Å². The van der Waals surface area contributed by atoms with Crippen LogP contribution in [0.3, 0.4) is 0 Å². The molecule has 36 heavy (non-hydrogen) atoms. The molecule has 5 rings (SSSR count). The molecule has 0 nitrogen and oxygen atoms in total. The van der Waals surface area contributed by atoms with Crippen LogP contribution in [0.4, 0.5) is 0 Å². The van der Waals surface area contributed by atoms with Crippen LogP contribution in [0.1, 0.15) is 0 Å². The van der Waals surface area contributed by atoms with Crippen LogP contribution in [-0.4, -0.2) is 37.5 Å². The molecule has 0 saturated heterocycles. The zero-order chi connectivity index (χ0) is 25.4. The molecular formula is C22H20S14. The minimum absolute atomic E-state index is 1.40. The maximum absolute atomic E-state index is 2.39. The number of hydrogen-bond acceptors (Lipinski definition) is 14. The quantitative estimate of drug-likeness (QED) is 0.272. The van der Waals surface area contributed by atoms with Gasteiger partial charge in [-0.1, -0.05) is 106 Å². The summed E-state index contributed by atoms with van der Waals surface area (Å²) in [6.07, 6.45) is 13.2. The summed E-state index contributed by atoms with van der Waals surface area (Å²) in [5, 5.41) is 2.81. The first kappa shape index (κ1) is 30.3. The minimum Gasteiger partial charge on any atom is -0.121 e. The van der Waals surface area contributed by atoms with E-state index in [-0.39, 0.29) is 0 Å². The molecule has 0 aliphatic carbocycles. The van der Waals surface area contributed by atoms with E-state index in [4.69, 9.17) is 0 Å². The summed E-state index contributed by atoms with van der Waals surface area (Å²) in [6.45, 7) is 0. The van der Waals surface area contributed by atoms with Crippen LogP contribution in [-0.2, 0) is 0 Å². The molecule has 0 saturated carbocycles. The SMILES string of the molecule is CSC1=C(SC)SC(=C2Sc3c(c(=C4SC(SC)=C(SC)S4)ccc3=C3SC(SC)=C(SC)S3)S2)S1. The van der Waals surface area contributed by atoms with Crippen LogP contribution >= 0.6 is 165 Å². The van der Waals surface area contributed by atoms with Crippen LogP contribution in [0.15, 0.2) is 55.8 Å². The molecular weight excluding hydrogens is 713 g/mol. The van der Waals surface area contributed by atoms with Crippen molar-refractivity contribution < 1.29 is 0 Å². The lowest BCUT2D eigenvalue weighted by molar-refractivity contribution is 1.18. The Labute approximate surface area is 273 Å². The first-order valence-electron chi connectivity index (χ1n) is 10.1. The van der Waals surface area contributed by atoms with Crippen molar-refractivity contribution in [1.29, 1.82) is 0 Å². The number of hydrogen-bond donors (Lipinski definition) is 0. The van der Waals surface area contributed by atoms with Crippen LogP contribution in [0, 0.1) is 0 Å². The highest BCUT2D eigenvalue weighted by Crippen LogP contribution is 2.64. The lowest BCUT2D eigenvalue weighted by atomic mass is 10.3. The van der Waals surface area contributed by atoms with Crippen molar-refractivity contribution in [3.63, 3.8) is 0 Å². The van der Waals surface area contributed by atoms with Gasteiger partial charge in [0.2, 0.25) is 0 Å². The lowest BCUT2D eigenvalue weighted by Gasteiger charge is -2.05. The molecule has 0 fully saturated rings. The maximum Gasteiger partial charge on any atom is 0.0717 e. The predicted octanol–water partition coefficient (Wildman–Crippen LogP) is 11.1. The van der Waals surface area contributed by atoms with E-state index >= 15 is 0 Å². The Morgan fingerprint density at radius 2 is 0.611 bits per heavy atom. The molecule has 4 aliphatic rings. The Bertz CT molecular complexity index is 1210. The molecule has 192 valence electrons. The van der Waals surface area contributed by atoms with Crippen molar-refractivity contribution >= 4 is 173 Å². The standard InChI is InChI=1S/C22H20S14/c1-23-15-16(24-2)32-13(31-15)9-7-8-10(14-33-17(25-3)18(26-4)34-14)12-11(9)29-21(30-12)22-35-19(27-5)20(28-6)36-22/h7-8H,1-6H3. The Balaban J connectivity index is 1.63. The molecule has 0 bridgehead atoms. The summed E-state index contributed by atoms with van der Waals surface area (Å²) < 4.78 is 14.4. The van der Waals surface area contributed by atoms with E-state index in [9.17, 15) is 0 Å². The summed E-state index contributed by atoms with van der Waals surface area (Å²) >= 11 is 27.0. The second-order valence-electron chi connectivity index (χ2n) is 6.73. The Morgan fingerprint density at radius 1 is 0.361 bits per heavy atom. The second kappa shape index (κ2) is 13.9. The molecule has 1 aromatic rings. The second-order valence-corrected chi connectivity index (χ2v) is 22.4. The van der Waals surface area contributed by atoms with E-state index in [1.54, 1.807) is 0 Å². The van der Waals surface area contributed by atoms with Gasteiger partial charge in [0.1, 0.15) is 0 Å². The molecule has 14 heteroatoms. The van der Waals surface area contributed by atoms with Gasteiger partial charge in [-0.05, 0) is 37.5 Å². The molecule has 4 heterocycles. The highest BCUT2D eigenvalue weighted by molar-refractivity contribution is 8.46. The number of fused-ring (bicyclic) bond motifs is 1. The summed E-state index contributed by atoms with van der Waals surface area (Å²) in [5.74, 6) is 0. The summed E-state index contributed by atoms with van der Waals surface area (Å²) in [6, 6.07) is 4.79. The van der Waals surface area contributed by atoms with E-state index in [2.05, 4.69) is 49.7 Å². The van der Waals surface area contributed by atoms with E-state index in [1.165, 1.54) is 62.6 Å². The fourth-order valence-corrected chi connectivity index (χ4v) is 21.7. The summed E-state index contributed by atoms with van der Waals surface area (Å²) in [4.78, 5) is 2.89. The molecule has 0 spiro atoms. The largest absolute Gasteiger partial charge is 0.121 e. The Kier molecular flexibility index (Phi) is 11.7. The summed E-state index contributed by atoms with van der Waals surface area (Å²) in [7, 11) is 0. The lowest BCUT2D eigenvalue weighted by Crippen LogP contribution is -2.15. The maximum atomic E-state index is 2.39. The normalized spacial score (nSPS) is 20.3. The van der Waals surface area contributed by atoms with Gasteiger partial charge in [-0.15, -0.1) is 70.6 Å². The van der Waals surface area contributed by atoms with Gasteiger partial charge in [0, 0.05) is 20.2 Å². The fourth-order valence-electron chi connectivity index (χ4n) is 3.25. The monoisotopic (exact) mass is 732 g/mol. The van der Waals surface area contributed by atoms with Gasteiger partial charge in [-0.3, -0.25) is 0 Å². The molecule has 0 unspecified atom stereocenters. The third kappa shape index (κ3) is 6.13. The Hall–Kier alpha value is 2.82. The summed E-state index contributed by atoms with van der Waals surface area (Å²) in [5.41, 5.74) is 0. The third-order valence-electron chi connectivity index (χ3n) is 4.83. The van der Waals surface area contributed by atoms with E-state index in [0.29, 0.717) is 0 Å². The molecule has 4 aliphatic heterocycles. The first-order chi connectivity index (χ1) is 17.5. The van der Waals surface area contributed by atoms with Gasteiger partial charge < -0.3 is 0 Å². The smallest absolute Gasteiger partial charge is 0.0717 e. The van der Waals surface area contributed by atoms with Crippen molar-refractivity contribution in [2.75, 3.05) is 37.5 Å². The van der Waals surface area contributed by atoms with Gasteiger partial charge in [-0.25, -0.2) is 0 Å². The highest BCUT2D eigenvalue weighted by Gasteiger charge is 2.32. The van der Waals surface area contributed by atoms with Gasteiger partial charge in [-0.2, -0.15) is 0 Å². The van der Waals surface area contributed by atoms with Crippen LogP contribution in [0.25, 0.3) is 8.47 Å². The zero-order valence-electron chi connectivity index (χ0n) is 19.9. The van der Waals surface area contributed by atoms with E-state index in [0.717, 1.165) is 0 Å². The molecule has 1 aromatic carbocycles.